The molecule has 0 saturated heterocycles. The lowest BCUT2D eigenvalue weighted by atomic mass is 10.3. The molecule has 0 aliphatic carbocycles. The maximum absolute atomic E-state index is 10.7. The lowest BCUT2D eigenvalue weighted by Crippen LogP contribution is -2.50. The molecule has 9 heteroatoms. The molecule has 0 bridgehead atoms. The highest BCUT2D eigenvalue weighted by molar-refractivity contribution is 7.80. The molecule has 2 rings (SSSR count). The Morgan fingerprint density at radius 1 is 1.35 bits per heavy atom. The number of aryl methyl sites for hydroxylation is 1. The minimum Gasteiger partial charge on any atom is -0.326 e. The van der Waals surface area contributed by atoms with E-state index in [0.29, 0.717) is 16.2 Å². The predicted molar refractivity (Wildman–Crippen MR) is 71.4 cm³/mol. The Kier molecular flexibility index (Phi) is 3.72. The number of hydrogen-bond donors (Lipinski definition) is 3. The van der Waals surface area contributed by atoms with Crippen LogP contribution in [0.2, 0.25) is 0 Å². The molecule has 0 atom stereocenters. The Hall–Kier alpha value is -2.39. The molecule has 0 aliphatic rings. The fraction of sp³-hybridized carbons (Fsp3) is 0.0909. The van der Waals surface area contributed by atoms with E-state index in [1.807, 2.05) is 30.3 Å². The monoisotopic (exact) mass is 297 g/mol. The van der Waals surface area contributed by atoms with E-state index in [1.54, 1.807) is 6.92 Å². The zero-order chi connectivity index (χ0) is 14.8. The van der Waals surface area contributed by atoms with Gasteiger partial charge in [0.1, 0.15) is 5.69 Å². The van der Waals surface area contributed by atoms with Gasteiger partial charge in [-0.15, -0.1) is 0 Å². The van der Waals surface area contributed by atoms with Gasteiger partial charge in [-0.2, -0.15) is 8.42 Å². The summed E-state index contributed by atoms with van der Waals surface area (Å²) in [6, 6.07) is 10.8. The van der Waals surface area contributed by atoms with Gasteiger partial charge in [-0.25, -0.2) is 4.28 Å². The quantitative estimate of drug-likeness (QED) is 0.546. The van der Waals surface area contributed by atoms with Crippen molar-refractivity contribution in [3.8, 4) is 0 Å². The zero-order valence-electron chi connectivity index (χ0n) is 10.5. The van der Waals surface area contributed by atoms with Crippen LogP contribution in [-0.2, 0) is 10.4 Å². The molecular formula is C11H13N4O4S+. The summed E-state index contributed by atoms with van der Waals surface area (Å²) in [7, 11) is -4.67. The first-order valence-corrected chi connectivity index (χ1v) is 6.90. The van der Waals surface area contributed by atoms with Gasteiger partial charge in [-0.05, 0) is 23.8 Å². The molecule has 8 nitrogen and oxygen atoms in total. The predicted octanol–water partition coefficient (Wildman–Crippen LogP) is 0.235. The van der Waals surface area contributed by atoms with Crippen molar-refractivity contribution < 1.29 is 22.0 Å². The van der Waals surface area contributed by atoms with Crippen LogP contribution in [0.25, 0.3) is 0 Å². The molecule has 2 aromatic rings. The second-order valence-corrected chi connectivity index (χ2v) is 4.93. The molecule has 0 spiro atoms. The third-order valence-electron chi connectivity index (χ3n) is 2.32. The number of nitrogens with zero attached hydrogens (tertiary/aromatic N) is 2. The summed E-state index contributed by atoms with van der Waals surface area (Å²) < 4.78 is 35.1. The van der Waals surface area contributed by atoms with E-state index in [1.165, 1.54) is 6.07 Å². The van der Waals surface area contributed by atoms with Gasteiger partial charge in [0.05, 0.1) is 0 Å². The molecule has 4 N–H and O–H groups in total. The van der Waals surface area contributed by atoms with E-state index in [4.69, 9.17) is 10.3 Å². The van der Waals surface area contributed by atoms with Gasteiger partial charge in [-0.1, -0.05) is 23.2 Å². The molecule has 0 saturated carbocycles. The first-order chi connectivity index (χ1) is 9.35. The van der Waals surface area contributed by atoms with Crippen LogP contribution in [0.15, 0.2) is 36.4 Å². The number of hydrogen-bond acceptors (Lipinski definition) is 6. The maximum atomic E-state index is 10.7. The van der Waals surface area contributed by atoms with E-state index in [0.717, 1.165) is 5.69 Å². The molecule has 0 fully saturated rings. The smallest absolute Gasteiger partial charge is 0.326 e. The minimum absolute atomic E-state index is 0.221. The largest absolute Gasteiger partial charge is 0.476 e. The van der Waals surface area contributed by atoms with Gasteiger partial charge in [0.15, 0.2) is 0 Å². The summed E-state index contributed by atoms with van der Waals surface area (Å²) >= 11 is 0. The van der Waals surface area contributed by atoms with Crippen molar-refractivity contribution in [3.63, 3.8) is 0 Å². The van der Waals surface area contributed by atoms with Gasteiger partial charge in [-0.3, -0.25) is 10.3 Å². The zero-order valence-corrected chi connectivity index (χ0v) is 11.3. The SMILES string of the molecule is Cc1cc(Nc2ccccc2)nc(N)[n+]1OS(=O)(=O)O. The summed E-state index contributed by atoms with van der Waals surface area (Å²) in [5, 5.41) is 3.00. The molecule has 1 aromatic heterocycles. The van der Waals surface area contributed by atoms with Crippen LogP contribution in [0.3, 0.4) is 0 Å². The first kappa shape index (κ1) is 14.0. The lowest BCUT2D eigenvalue weighted by molar-refractivity contribution is -0.851. The number of rotatable bonds is 4. The van der Waals surface area contributed by atoms with Gasteiger partial charge in [0.2, 0.25) is 5.82 Å². The summed E-state index contributed by atoms with van der Waals surface area (Å²) in [5.74, 6) is 0.197. The summed E-state index contributed by atoms with van der Waals surface area (Å²) in [4.78, 5) is 3.94. The van der Waals surface area contributed by atoms with Crippen LogP contribution in [0.5, 0.6) is 0 Å². The Bertz CT molecular complexity index is 695. The number of nitrogen functional groups attached to an aromatic ring is 1. The van der Waals surface area contributed by atoms with Crippen molar-refractivity contribution in [1.82, 2.24) is 4.98 Å². The lowest BCUT2D eigenvalue weighted by Gasteiger charge is -2.07. The molecule has 0 radical (unpaired) electrons. The minimum atomic E-state index is -4.67. The number of aromatic nitrogens is 2. The number of nitrogens with one attached hydrogen (secondary N) is 1. The van der Waals surface area contributed by atoms with E-state index in [9.17, 15) is 8.42 Å². The first-order valence-electron chi connectivity index (χ1n) is 5.54. The van der Waals surface area contributed by atoms with Crippen molar-refractivity contribution in [2.75, 3.05) is 11.1 Å². The highest BCUT2D eigenvalue weighted by Crippen LogP contribution is 2.14. The Labute approximate surface area is 115 Å². The van der Waals surface area contributed by atoms with Crippen molar-refractivity contribution in [1.29, 1.82) is 0 Å². The van der Waals surface area contributed by atoms with Crippen LogP contribution >= 0.6 is 0 Å². The third kappa shape index (κ3) is 3.56. The second kappa shape index (κ2) is 5.31. The third-order valence-corrected chi connectivity index (χ3v) is 2.66. The molecule has 0 unspecified atom stereocenters. The van der Waals surface area contributed by atoms with Crippen LogP contribution in [-0.4, -0.2) is 18.0 Å². The fourth-order valence-corrected chi connectivity index (χ4v) is 1.95. The Morgan fingerprint density at radius 3 is 2.55 bits per heavy atom. The molecular weight excluding hydrogens is 284 g/mol. The Balaban J connectivity index is 2.31. The standard InChI is InChI=1S/C11H12N4O4S/c1-8-7-10(13-9-5-3-2-4-6-9)14-11(12)15(8)19-20(16,17)18/h2-7H,1H3,(H3,12,13,14,16,17,18)/p+1. The average molecular weight is 297 g/mol. The highest BCUT2D eigenvalue weighted by atomic mass is 32.3. The van der Waals surface area contributed by atoms with E-state index < -0.39 is 10.4 Å². The number of nitrogens with two attached hydrogens (primary N) is 1. The molecule has 20 heavy (non-hydrogen) atoms. The summed E-state index contributed by atoms with van der Waals surface area (Å²) in [6.07, 6.45) is 0. The van der Waals surface area contributed by atoms with Crippen LogP contribution in [0.4, 0.5) is 17.5 Å². The molecule has 1 aromatic carbocycles. The number of para-hydroxylation sites is 1. The normalized spacial score (nSPS) is 11.1. The number of anilines is 3. The van der Waals surface area contributed by atoms with Crippen molar-refractivity contribution in [2.45, 2.75) is 6.92 Å². The van der Waals surface area contributed by atoms with E-state index in [-0.39, 0.29) is 5.95 Å². The molecule has 1 heterocycles. The molecule has 0 aliphatic heterocycles. The van der Waals surface area contributed by atoms with Crippen LogP contribution < -0.4 is 20.1 Å². The second-order valence-electron chi connectivity index (χ2n) is 3.93. The molecule has 106 valence electrons. The highest BCUT2D eigenvalue weighted by Gasteiger charge is 2.20. The van der Waals surface area contributed by atoms with Crippen molar-refractivity contribution in [3.05, 3.63) is 42.1 Å². The van der Waals surface area contributed by atoms with E-state index >= 15 is 0 Å². The summed E-state index contributed by atoms with van der Waals surface area (Å²) in [5.41, 5.74) is 6.73. The van der Waals surface area contributed by atoms with Crippen LogP contribution in [0.1, 0.15) is 5.69 Å². The average Bonchev–Trinajstić information content (AvgIpc) is 2.34. The van der Waals surface area contributed by atoms with Gasteiger partial charge < -0.3 is 5.32 Å². The van der Waals surface area contributed by atoms with Gasteiger partial charge in [0, 0.05) is 11.8 Å². The van der Waals surface area contributed by atoms with Gasteiger partial charge in [0.25, 0.3) is 0 Å². The van der Waals surface area contributed by atoms with Gasteiger partial charge >= 0.3 is 16.3 Å². The summed E-state index contributed by atoms with van der Waals surface area (Å²) in [6.45, 7) is 1.55. The van der Waals surface area contributed by atoms with Crippen LogP contribution in [0, 0.1) is 6.92 Å². The maximum Gasteiger partial charge on any atom is 0.476 e. The Morgan fingerprint density at radius 2 is 2.00 bits per heavy atom. The van der Waals surface area contributed by atoms with Crippen molar-refractivity contribution in [2.24, 2.45) is 0 Å². The topological polar surface area (TPSA) is 118 Å². The number of benzene rings is 1. The van der Waals surface area contributed by atoms with E-state index in [2.05, 4.69) is 14.6 Å². The van der Waals surface area contributed by atoms with Crippen molar-refractivity contribution >= 4 is 27.9 Å². The molecule has 0 amide bonds. The fourth-order valence-electron chi connectivity index (χ4n) is 1.56.